The molecule has 4 nitrogen and oxygen atoms in total. The first-order valence-electron chi connectivity index (χ1n) is 6.71. The zero-order valence-electron chi connectivity index (χ0n) is 12.6. The maximum atomic E-state index is 12.3. The third-order valence-corrected chi connectivity index (χ3v) is 4.33. The highest BCUT2D eigenvalue weighted by atomic mass is 32.1. The Morgan fingerprint density at radius 1 is 1.14 bits per heavy atom. The second kappa shape index (κ2) is 6.63. The van der Waals surface area contributed by atoms with Crippen LogP contribution in [0.15, 0.2) is 24.3 Å². The first-order valence-corrected chi connectivity index (χ1v) is 7.52. The van der Waals surface area contributed by atoms with Crippen LogP contribution in [0.25, 0.3) is 0 Å². The third kappa shape index (κ3) is 3.55. The predicted molar refractivity (Wildman–Crippen MR) is 85.9 cm³/mol. The summed E-state index contributed by atoms with van der Waals surface area (Å²) in [6.45, 7) is 4.12. The number of carbonyl (C=O) groups is 1. The molecule has 0 aliphatic rings. The minimum atomic E-state index is -0.113. The van der Waals surface area contributed by atoms with Gasteiger partial charge >= 0.3 is 0 Å². The van der Waals surface area contributed by atoms with Gasteiger partial charge in [0, 0.05) is 28.8 Å². The van der Waals surface area contributed by atoms with Crippen molar-refractivity contribution in [2.45, 2.75) is 20.3 Å². The smallest absolute Gasteiger partial charge is 0.265 e. The number of hydrogen-bond donors (Lipinski definition) is 1. The summed E-state index contributed by atoms with van der Waals surface area (Å²) in [4.78, 5) is 14.2. The van der Waals surface area contributed by atoms with Crippen molar-refractivity contribution >= 4 is 22.9 Å². The van der Waals surface area contributed by atoms with Gasteiger partial charge in [-0.15, -0.1) is 11.3 Å². The van der Waals surface area contributed by atoms with E-state index in [4.69, 9.17) is 9.47 Å². The lowest BCUT2D eigenvalue weighted by Gasteiger charge is -2.09. The Labute approximate surface area is 128 Å². The molecular formula is C16H19NO3S. The Morgan fingerprint density at radius 2 is 1.76 bits per heavy atom. The quantitative estimate of drug-likeness (QED) is 0.911. The van der Waals surface area contributed by atoms with Crippen LogP contribution in [-0.2, 0) is 6.42 Å². The summed E-state index contributed by atoms with van der Waals surface area (Å²) in [7, 11) is 3.16. The monoisotopic (exact) mass is 305 g/mol. The van der Waals surface area contributed by atoms with Crippen molar-refractivity contribution in [1.82, 2.24) is 0 Å². The van der Waals surface area contributed by atoms with Crippen LogP contribution in [0.4, 0.5) is 5.69 Å². The van der Waals surface area contributed by atoms with Gasteiger partial charge in [0.2, 0.25) is 0 Å². The fourth-order valence-electron chi connectivity index (χ4n) is 2.06. The molecule has 0 saturated carbocycles. The molecule has 1 heterocycles. The molecule has 112 valence electrons. The Kier molecular flexibility index (Phi) is 4.85. The molecule has 1 aromatic heterocycles. The molecule has 0 radical (unpaired) electrons. The minimum Gasteiger partial charge on any atom is -0.497 e. The van der Waals surface area contributed by atoms with E-state index in [1.807, 2.05) is 13.0 Å². The molecule has 1 aromatic carbocycles. The van der Waals surface area contributed by atoms with Gasteiger partial charge in [-0.05, 0) is 25.0 Å². The van der Waals surface area contributed by atoms with Crippen LogP contribution in [-0.4, -0.2) is 20.1 Å². The highest BCUT2D eigenvalue weighted by molar-refractivity contribution is 7.14. The maximum absolute atomic E-state index is 12.3. The van der Waals surface area contributed by atoms with Crippen LogP contribution in [0.5, 0.6) is 11.5 Å². The maximum Gasteiger partial charge on any atom is 0.265 e. The minimum absolute atomic E-state index is 0.113. The van der Waals surface area contributed by atoms with E-state index in [2.05, 4.69) is 12.2 Å². The van der Waals surface area contributed by atoms with E-state index in [0.717, 1.165) is 6.42 Å². The number of benzene rings is 1. The molecule has 2 aromatic rings. The summed E-state index contributed by atoms with van der Waals surface area (Å²) in [6.07, 6.45) is 0.933. The van der Waals surface area contributed by atoms with Crippen molar-refractivity contribution < 1.29 is 14.3 Å². The Morgan fingerprint density at radius 3 is 2.24 bits per heavy atom. The van der Waals surface area contributed by atoms with E-state index < -0.39 is 0 Å². The van der Waals surface area contributed by atoms with Crippen molar-refractivity contribution in [3.8, 4) is 11.5 Å². The first-order chi connectivity index (χ1) is 10.1. The van der Waals surface area contributed by atoms with Crippen molar-refractivity contribution in [3.63, 3.8) is 0 Å². The number of carbonyl (C=O) groups excluding carboxylic acids is 1. The lowest BCUT2D eigenvalue weighted by atomic mass is 10.2. The van der Waals surface area contributed by atoms with Crippen molar-refractivity contribution in [3.05, 3.63) is 39.6 Å². The molecule has 0 saturated heterocycles. The standard InChI is InChI=1S/C16H19NO3S/c1-5-11-6-15(21-10(11)2)16(18)17-12-7-13(19-3)9-14(8-12)20-4/h6-9H,5H2,1-4H3,(H,17,18). The number of hydrogen-bond acceptors (Lipinski definition) is 4. The van der Waals surface area contributed by atoms with Crippen LogP contribution < -0.4 is 14.8 Å². The van der Waals surface area contributed by atoms with Gasteiger partial charge in [0.25, 0.3) is 5.91 Å². The van der Waals surface area contributed by atoms with Crippen molar-refractivity contribution in [2.75, 3.05) is 19.5 Å². The number of thiophene rings is 1. The third-order valence-electron chi connectivity index (χ3n) is 3.23. The Balaban J connectivity index is 2.22. The number of ether oxygens (including phenoxy) is 2. The van der Waals surface area contributed by atoms with Gasteiger partial charge < -0.3 is 14.8 Å². The average molecular weight is 305 g/mol. The second-order valence-corrected chi connectivity index (χ2v) is 5.86. The fourth-order valence-corrected chi connectivity index (χ4v) is 3.06. The van der Waals surface area contributed by atoms with Crippen LogP contribution in [0.2, 0.25) is 0 Å². The average Bonchev–Trinajstić information content (AvgIpc) is 2.88. The van der Waals surface area contributed by atoms with Gasteiger partial charge in [0.15, 0.2) is 0 Å². The molecule has 1 N–H and O–H groups in total. The van der Waals surface area contributed by atoms with Crippen LogP contribution in [0.3, 0.4) is 0 Å². The van der Waals surface area contributed by atoms with E-state index >= 15 is 0 Å². The number of aryl methyl sites for hydroxylation is 2. The summed E-state index contributed by atoms with van der Waals surface area (Å²) in [5.74, 6) is 1.17. The van der Waals surface area contributed by atoms with Crippen molar-refractivity contribution in [1.29, 1.82) is 0 Å². The normalized spacial score (nSPS) is 10.3. The van der Waals surface area contributed by atoms with Gasteiger partial charge in [0.1, 0.15) is 11.5 Å². The number of rotatable bonds is 5. The van der Waals surface area contributed by atoms with E-state index in [-0.39, 0.29) is 5.91 Å². The second-order valence-electron chi connectivity index (χ2n) is 4.60. The van der Waals surface area contributed by atoms with Gasteiger partial charge in [-0.25, -0.2) is 0 Å². The molecule has 0 fully saturated rings. The first kappa shape index (κ1) is 15.4. The highest BCUT2D eigenvalue weighted by Gasteiger charge is 2.13. The van der Waals surface area contributed by atoms with E-state index in [9.17, 15) is 4.79 Å². The van der Waals surface area contributed by atoms with E-state index in [0.29, 0.717) is 22.1 Å². The van der Waals surface area contributed by atoms with Gasteiger partial charge in [-0.1, -0.05) is 6.92 Å². The zero-order chi connectivity index (χ0) is 15.4. The Hall–Kier alpha value is -2.01. The van der Waals surface area contributed by atoms with Crippen LogP contribution in [0.1, 0.15) is 27.0 Å². The predicted octanol–water partition coefficient (Wildman–Crippen LogP) is 3.89. The lowest BCUT2D eigenvalue weighted by Crippen LogP contribution is -2.10. The fraction of sp³-hybridized carbons (Fsp3) is 0.312. The SMILES string of the molecule is CCc1cc(C(=O)Nc2cc(OC)cc(OC)c2)sc1C. The highest BCUT2D eigenvalue weighted by Crippen LogP contribution is 2.27. The molecule has 21 heavy (non-hydrogen) atoms. The summed E-state index contributed by atoms with van der Waals surface area (Å²) in [6, 6.07) is 7.25. The molecule has 0 atom stereocenters. The molecule has 0 bridgehead atoms. The van der Waals surface area contributed by atoms with Gasteiger partial charge in [-0.3, -0.25) is 4.79 Å². The molecule has 0 spiro atoms. The molecule has 1 amide bonds. The molecule has 2 rings (SSSR count). The molecule has 5 heteroatoms. The number of nitrogens with one attached hydrogen (secondary N) is 1. The summed E-state index contributed by atoms with van der Waals surface area (Å²) in [5, 5.41) is 2.88. The topological polar surface area (TPSA) is 47.6 Å². The number of amides is 1. The van der Waals surface area contributed by atoms with Crippen LogP contribution >= 0.6 is 11.3 Å². The summed E-state index contributed by atoms with van der Waals surface area (Å²) in [5.41, 5.74) is 1.87. The van der Waals surface area contributed by atoms with Gasteiger partial charge in [-0.2, -0.15) is 0 Å². The molecule has 0 aliphatic carbocycles. The van der Waals surface area contributed by atoms with E-state index in [1.54, 1.807) is 32.4 Å². The molecular weight excluding hydrogens is 286 g/mol. The van der Waals surface area contributed by atoms with Crippen LogP contribution in [0, 0.1) is 6.92 Å². The molecule has 0 aliphatic heterocycles. The summed E-state index contributed by atoms with van der Waals surface area (Å²) >= 11 is 1.51. The van der Waals surface area contributed by atoms with E-state index in [1.165, 1.54) is 21.8 Å². The Bertz CT molecular complexity index is 627. The summed E-state index contributed by atoms with van der Waals surface area (Å²) < 4.78 is 10.4. The lowest BCUT2D eigenvalue weighted by molar-refractivity contribution is 0.103. The van der Waals surface area contributed by atoms with Crippen molar-refractivity contribution in [2.24, 2.45) is 0 Å². The van der Waals surface area contributed by atoms with Gasteiger partial charge in [0.05, 0.1) is 19.1 Å². The largest absolute Gasteiger partial charge is 0.497 e. The zero-order valence-corrected chi connectivity index (χ0v) is 13.5. The number of methoxy groups -OCH3 is 2. The number of anilines is 1. The molecule has 0 unspecified atom stereocenters.